The number of alkyl halides is 2. The molecule has 1 aliphatic heterocycles. The van der Waals surface area contributed by atoms with Crippen LogP contribution in [-0.4, -0.2) is 62.9 Å². The Morgan fingerprint density at radius 3 is 2.47 bits per heavy atom. The van der Waals surface area contributed by atoms with Crippen LogP contribution >= 0.6 is 0 Å². The summed E-state index contributed by atoms with van der Waals surface area (Å²) in [5.74, 6) is -4.56. The Balaban J connectivity index is 2.27. The van der Waals surface area contributed by atoms with Crippen LogP contribution in [0.4, 0.5) is 8.78 Å². The lowest BCUT2D eigenvalue weighted by molar-refractivity contribution is -0.293. The second kappa shape index (κ2) is 12.6. The number of methoxy groups -OCH3 is 1. The lowest BCUT2D eigenvalue weighted by Gasteiger charge is -2.47. The van der Waals surface area contributed by atoms with Gasteiger partial charge in [-0.3, -0.25) is 4.79 Å². The predicted octanol–water partition coefficient (Wildman–Crippen LogP) is 3.29. The molecule has 9 heteroatoms. The van der Waals surface area contributed by atoms with Crippen molar-refractivity contribution < 1.29 is 37.3 Å². The first kappa shape index (κ1) is 26.6. The number of ether oxygens (including phenoxy) is 5. The maximum absolute atomic E-state index is 15.4. The average molecular weight is 460 g/mol. The molecule has 2 rings (SSSR count). The van der Waals surface area contributed by atoms with Crippen LogP contribution in [0.25, 0.3) is 0 Å². The Labute approximate surface area is 188 Å². The standard InChI is InChI=1S/C23H35F2NO6/c1-5-18-15(3)19(30-13-16-10-8-7-9-11-16)20(31-14-28-4)21(32-18)23(24,25)12-17(26)22(27)29-6-2/h7-11,15,17-21H,5-6,12-14,26H2,1-4H3/t15-,17-,18+,19-,20+,21-/m0/s1. The molecule has 1 aromatic carbocycles. The first-order chi connectivity index (χ1) is 15.2. The van der Waals surface area contributed by atoms with Crippen molar-refractivity contribution in [3.63, 3.8) is 0 Å². The van der Waals surface area contributed by atoms with E-state index in [9.17, 15) is 4.79 Å². The molecule has 0 radical (unpaired) electrons. The third-order valence-electron chi connectivity index (χ3n) is 5.61. The van der Waals surface area contributed by atoms with Crippen molar-refractivity contribution >= 4 is 5.97 Å². The Bertz CT molecular complexity index is 692. The molecule has 32 heavy (non-hydrogen) atoms. The summed E-state index contributed by atoms with van der Waals surface area (Å²) in [6.07, 6.45) is -4.37. The zero-order chi connectivity index (χ0) is 23.7. The van der Waals surface area contributed by atoms with E-state index in [2.05, 4.69) is 0 Å². The molecule has 1 aromatic rings. The van der Waals surface area contributed by atoms with E-state index < -0.39 is 48.8 Å². The fraction of sp³-hybridized carbons (Fsp3) is 0.696. The number of hydrogen-bond acceptors (Lipinski definition) is 7. The second-order valence-electron chi connectivity index (χ2n) is 7.99. The predicted molar refractivity (Wildman–Crippen MR) is 114 cm³/mol. The Kier molecular flexibility index (Phi) is 10.4. The minimum atomic E-state index is -3.47. The number of halogens is 2. The van der Waals surface area contributed by atoms with Crippen LogP contribution in [0.2, 0.25) is 0 Å². The van der Waals surface area contributed by atoms with Crippen molar-refractivity contribution in [2.75, 3.05) is 20.5 Å². The first-order valence-corrected chi connectivity index (χ1v) is 11.0. The summed E-state index contributed by atoms with van der Waals surface area (Å²) in [6.45, 7) is 5.43. The molecule has 182 valence electrons. The number of hydrogen-bond donors (Lipinski definition) is 1. The highest BCUT2D eigenvalue weighted by atomic mass is 19.3. The Morgan fingerprint density at radius 1 is 1.19 bits per heavy atom. The third-order valence-corrected chi connectivity index (χ3v) is 5.61. The molecule has 7 nitrogen and oxygen atoms in total. The van der Waals surface area contributed by atoms with Crippen LogP contribution in [0, 0.1) is 5.92 Å². The minimum absolute atomic E-state index is 0.0580. The molecule has 1 saturated heterocycles. The number of benzene rings is 1. The monoisotopic (exact) mass is 459 g/mol. The van der Waals surface area contributed by atoms with Gasteiger partial charge in [0.05, 0.1) is 25.4 Å². The lowest BCUT2D eigenvalue weighted by Crippen LogP contribution is -2.62. The highest BCUT2D eigenvalue weighted by molar-refractivity contribution is 5.75. The van der Waals surface area contributed by atoms with E-state index in [0.29, 0.717) is 6.42 Å². The van der Waals surface area contributed by atoms with Gasteiger partial charge >= 0.3 is 5.97 Å². The lowest BCUT2D eigenvalue weighted by atomic mass is 9.83. The summed E-state index contributed by atoms with van der Waals surface area (Å²) < 4.78 is 58.2. The van der Waals surface area contributed by atoms with Gasteiger partial charge in [-0.15, -0.1) is 0 Å². The molecule has 0 aliphatic carbocycles. The van der Waals surface area contributed by atoms with Crippen LogP contribution in [0.15, 0.2) is 30.3 Å². The minimum Gasteiger partial charge on any atom is -0.465 e. The van der Waals surface area contributed by atoms with Gasteiger partial charge in [-0.05, 0) is 18.9 Å². The molecule has 1 heterocycles. The normalized spacial score (nSPS) is 27.2. The summed E-state index contributed by atoms with van der Waals surface area (Å²) >= 11 is 0. The number of esters is 1. The van der Waals surface area contributed by atoms with Crippen molar-refractivity contribution in [1.29, 1.82) is 0 Å². The highest BCUT2D eigenvalue weighted by Gasteiger charge is 2.56. The van der Waals surface area contributed by atoms with Crippen LogP contribution in [-0.2, 0) is 35.1 Å². The molecule has 0 spiro atoms. The Hall–Kier alpha value is -1.65. The van der Waals surface area contributed by atoms with Crippen molar-refractivity contribution in [3.05, 3.63) is 35.9 Å². The van der Waals surface area contributed by atoms with E-state index in [1.165, 1.54) is 7.11 Å². The Morgan fingerprint density at radius 2 is 1.88 bits per heavy atom. The van der Waals surface area contributed by atoms with E-state index in [-0.39, 0.29) is 25.9 Å². The van der Waals surface area contributed by atoms with E-state index >= 15 is 8.78 Å². The molecule has 1 fully saturated rings. The van der Waals surface area contributed by atoms with Gasteiger partial charge in [-0.2, -0.15) is 0 Å². The van der Waals surface area contributed by atoms with Gasteiger partial charge in [0, 0.05) is 19.4 Å². The van der Waals surface area contributed by atoms with Gasteiger partial charge in [0.2, 0.25) is 0 Å². The number of carbonyl (C=O) groups excluding carboxylic acids is 1. The molecule has 0 bridgehead atoms. The first-order valence-electron chi connectivity index (χ1n) is 11.0. The molecule has 6 atom stereocenters. The second-order valence-corrected chi connectivity index (χ2v) is 7.99. The van der Waals surface area contributed by atoms with E-state index in [1.54, 1.807) is 6.92 Å². The van der Waals surface area contributed by atoms with Crippen molar-refractivity contribution in [2.45, 2.75) is 76.6 Å². The summed E-state index contributed by atoms with van der Waals surface area (Å²) in [5, 5.41) is 0. The van der Waals surface area contributed by atoms with Crippen LogP contribution in [0.1, 0.15) is 39.2 Å². The number of nitrogens with two attached hydrogens (primary N) is 1. The summed E-state index contributed by atoms with van der Waals surface area (Å²) in [6, 6.07) is 7.97. The molecule has 0 unspecified atom stereocenters. The van der Waals surface area contributed by atoms with Crippen LogP contribution < -0.4 is 5.73 Å². The quantitative estimate of drug-likeness (QED) is 0.379. The summed E-state index contributed by atoms with van der Waals surface area (Å²) in [5.41, 5.74) is 6.61. The van der Waals surface area contributed by atoms with E-state index in [1.807, 2.05) is 44.2 Å². The maximum Gasteiger partial charge on any atom is 0.323 e. The highest BCUT2D eigenvalue weighted by Crippen LogP contribution is 2.40. The fourth-order valence-electron chi connectivity index (χ4n) is 3.96. The van der Waals surface area contributed by atoms with E-state index in [4.69, 9.17) is 29.4 Å². The zero-order valence-corrected chi connectivity index (χ0v) is 19.2. The molecule has 0 aromatic heterocycles. The maximum atomic E-state index is 15.4. The third kappa shape index (κ3) is 6.92. The van der Waals surface area contributed by atoms with Crippen molar-refractivity contribution in [2.24, 2.45) is 11.7 Å². The van der Waals surface area contributed by atoms with E-state index in [0.717, 1.165) is 5.56 Å². The van der Waals surface area contributed by atoms with Gasteiger partial charge in [0.15, 0.2) is 6.10 Å². The average Bonchev–Trinajstić information content (AvgIpc) is 2.77. The van der Waals surface area contributed by atoms with Gasteiger partial charge in [-0.25, -0.2) is 8.78 Å². The van der Waals surface area contributed by atoms with Crippen molar-refractivity contribution in [1.82, 2.24) is 0 Å². The zero-order valence-electron chi connectivity index (χ0n) is 19.2. The van der Waals surface area contributed by atoms with Gasteiger partial charge < -0.3 is 29.4 Å². The molecular weight excluding hydrogens is 424 g/mol. The smallest absolute Gasteiger partial charge is 0.323 e. The molecular formula is C23H35F2NO6. The van der Waals surface area contributed by atoms with Crippen molar-refractivity contribution in [3.8, 4) is 0 Å². The van der Waals surface area contributed by atoms with Gasteiger partial charge in [0.1, 0.15) is 18.9 Å². The van der Waals surface area contributed by atoms with Crippen LogP contribution in [0.5, 0.6) is 0 Å². The molecule has 0 saturated carbocycles. The molecule has 1 aliphatic rings. The largest absolute Gasteiger partial charge is 0.465 e. The van der Waals surface area contributed by atoms with Gasteiger partial charge in [-0.1, -0.05) is 44.2 Å². The number of carbonyl (C=O) groups is 1. The SMILES string of the molecule is CCOC(=O)[C@@H](N)CC(F)(F)[C@H]1O[C@H](CC)[C@H](C)[C@H](OCc2ccccc2)[C@H]1OCOC. The molecule has 0 amide bonds. The van der Waals surface area contributed by atoms with Crippen LogP contribution in [0.3, 0.4) is 0 Å². The fourth-order valence-corrected chi connectivity index (χ4v) is 3.96. The summed E-state index contributed by atoms with van der Waals surface area (Å²) in [7, 11) is 1.41. The summed E-state index contributed by atoms with van der Waals surface area (Å²) in [4.78, 5) is 11.9. The molecule has 2 N–H and O–H groups in total. The topological polar surface area (TPSA) is 89.2 Å². The number of rotatable bonds is 12. The van der Waals surface area contributed by atoms with Gasteiger partial charge in [0.25, 0.3) is 5.92 Å².